The van der Waals surface area contributed by atoms with E-state index >= 15 is 0 Å². The summed E-state index contributed by atoms with van der Waals surface area (Å²) < 4.78 is 148. The Morgan fingerprint density at radius 3 is 0.559 bits per heavy atom. The number of alkyl halides is 6. The monoisotopic (exact) mass is 744 g/mol. The van der Waals surface area contributed by atoms with Crippen molar-refractivity contribution >= 4 is 20.2 Å². The summed E-state index contributed by atoms with van der Waals surface area (Å²) in [5, 5.41) is 0. The SMILES string of the molecule is O.O.O.O.O=S(=O)([O-])C(F)(F)F.O=S(=O)([O-])C(F)(F)F.[C-]#[O+].[C-]#[O+].[C-]#[O+].[C-]#[O+].[CH2-]C.[CH2-]C.[Ru+2].[Ru+2]. The molecule has 212 valence electrons. The molecule has 8 N–H and O–H groups in total. The Balaban J connectivity index is -0.0000000121. The third-order valence-corrected chi connectivity index (χ3v) is 1.70. The van der Waals surface area contributed by atoms with E-state index in [0.717, 1.165) is 0 Å². The van der Waals surface area contributed by atoms with Crippen LogP contribution >= 0.6 is 0 Å². The second kappa shape index (κ2) is 58.4. The van der Waals surface area contributed by atoms with Crippen molar-refractivity contribution in [2.75, 3.05) is 0 Å². The van der Waals surface area contributed by atoms with Crippen LogP contribution in [0.2, 0.25) is 0 Å². The number of halogens is 6. The van der Waals surface area contributed by atoms with Crippen LogP contribution in [0.1, 0.15) is 13.8 Å². The Bertz CT molecular complexity index is 532. The topological polar surface area (TPSA) is 320 Å². The zero-order valence-electron chi connectivity index (χ0n) is 16.3. The second-order valence-corrected chi connectivity index (χ2v) is 4.54. The van der Waals surface area contributed by atoms with Gasteiger partial charge < -0.3 is 44.9 Å². The first-order chi connectivity index (χ1) is 12.5. The van der Waals surface area contributed by atoms with E-state index in [1.165, 1.54) is 0 Å². The molecular formula is C10H18F6O14Ru2S2. The van der Waals surface area contributed by atoms with Crippen LogP contribution in [-0.4, -0.2) is 58.9 Å². The molecule has 0 saturated heterocycles. The average molecular weight is 743 g/mol. The van der Waals surface area contributed by atoms with E-state index in [4.69, 9.17) is 44.5 Å². The van der Waals surface area contributed by atoms with Crippen molar-refractivity contribution in [3.63, 3.8) is 0 Å². The molecule has 0 heterocycles. The van der Waals surface area contributed by atoms with E-state index in [2.05, 4.69) is 40.4 Å². The molecule has 0 amide bonds. The van der Waals surface area contributed by atoms with Crippen LogP contribution < -0.4 is 0 Å². The molecule has 0 aromatic heterocycles. The van der Waals surface area contributed by atoms with Crippen LogP contribution in [0, 0.1) is 40.4 Å². The maximum Gasteiger partial charge on any atom is 2.00 e. The van der Waals surface area contributed by atoms with Gasteiger partial charge >= 0.3 is 95.2 Å². The molecule has 0 aromatic rings. The molecule has 0 aromatic carbocycles. The zero-order chi connectivity index (χ0) is 26.0. The number of hydrogen-bond acceptors (Lipinski definition) is 6. The molecule has 0 aliphatic carbocycles. The largest absolute Gasteiger partial charge is 2.00 e. The Hall–Kier alpha value is -0.553. The van der Waals surface area contributed by atoms with E-state index < -0.39 is 31.3 Å². The van der Waals surface area contributed by atoms with Crippen molar-refractivity contribution in [1.29, 1.82) is 0 Å². The van der Waals surface area contributed by atoms with Crippen LogP contribution in [0.25, 0.3) is 0 Å². The van der Waals surface area contributed by atoms with E-state index in [0.29, 0.717) is 0 Å². The van der Waals surface area contributed by atoms with Gasteiger partial charge in [0.05, 0.1) is 0 Å². The summed E-state index contributed by atoms with van der Waals surface area (Å²) in [6.07, 6.45) is 0. The molecule has 0 bridgehead atoms. The van der Waals surface area contributed by atoms with Crippen molar-refractivity contribution in [2.45, 2.75) is 24.9 Å². The van der Waals surface area contributed by atoms with Gasteiger partial charge in [-0.3, -0.25) is 0 Å². The summed E-state index contributed by atoms with van der Waals surface area (Å²) >= 11 is 0. The minimum atomic E-state index is -6.09. The summed E-state index contributed by atoms with van der Waals surface area (Å²) in [6.45, 7) is 28.0. The number of hydrogen-bond donors (Lipinski definition) is 0. The summed E-state index contributed by atoms with van der Waals surface area (Å²) in [4.78, 5) is 0. The fraction of sp³-hybridized carbons (Fsp3) is 0.400. The Morgan fingerprint density at radius 2 is 0.559 bits per heavy atom. The van der Waals surface area contributed by atoms with Crippen LogP contribution in [0.15, 0.2) is 0 Å². The molecule has 0 rings (SSSR count). The normalized spacial score (nSPS) is 7.18. The molecule has 14 nitrogen and oxygen atoms in total. The first kappa shape index (κ1) is 93.1. The van der Waals surface area contributed by atoms with E-state index in [9.17, 15) is 26.3 Å². The van der Waals surface area contributed by atoms with Gasteiger partial charge in [0, 0.05) is 0 Å². The average Bonchev–Trinajstić information content (AvgIpc) is 2.62. The van der Waals surface area contributed by atoms with Gasteiger partial charge in [0.25, 0.3) is 0 Å². The van der Waals surface area contributed by atoms with Crippen LogP contribution in [0.3, 0.4) is 0 Å². The zero-order valence-corrected chi connectivity index (χ0v) is 21.4. The van der Waals surface area contributed by atoms with Gasteiger partial charge in [-0.05, 0) is 0 Å². The Labute approximate surface area is 217 Å². The summed E-state index contributed by atoms with van der Waals surface area (Å²) in [7, 11) is -12.2. The summed E-state index contributed by atoms with van der Waals surface area (Å²) in [5.74, 6) is 0. The van der Waals surface area contributed by atoms with Crippen LogP contribution in [-0.2, 0) is 77.8 Å². The molecule has 0 fully saturated rings. The van der Waals surface area contributed by atoms with Crippen LogP contribution in [0.4, 0.5) is 26.3 Å². The molecule has 0 aliphatic heterocycles. The van der Waals surface area contributed by atoms with Crippen molar-refractivity contribution in [1.82, 2.24) is 0 Å². The fourth-order valence-electron chi connectivity index (χ4n) is 0. The van der Waals surface area contributed by atoms with Crippen molar-refractivity contribution in [2.24, 2.45) is 0 Å². The van der Waals surface area contributed by atoms with E-state index in [1.54, 1.807) is 13.8 Å². The van der Waals surface area contributed by atoms with Gasteiger partial charge in [-0.2, -0.15) is 40.2 Å². The first-order valence-electron chi connectivity index (χ1n) is 4.77. The van der Waals surface area contributed by atoms with Gasteiger partial charge in [-0.1, -0.05) is 0 Å². The minimum absolute atomic E-state index is 0. The van der Waals surface area contributed by atoms with Crippen LogP contribution in [0.5, 0.6) is 0 Å². The summed E-state index contributed by atoms with van der Waals surface area (Å²) in [6, 6.07) is 0. The van der Waals surface area contributed by atoms with Gasteiger partial charge in [-0.15, -0.1) is 0 Å². The molecule has 34 heavy (non-hydrogen) atoms. The molecule has 0 unspecified atom stereocenters. The molecular weight excluding hydrogens is 724 g/mol. The van der Waals surface area contributed by atoms with Crippen molar-refractivity contribution in [3.05, 3.63) is 40.4 Å². The van der Waals surface area contributed by atoms with Gasteiger partial charge in [-0.25, -0.2) is 16.8 Å². The van der Waals surface area contributed by atoms with E-state index in [-0.39, 0.29) is 60.9 Å². The smallest absolute Gasteiger partial charge is 0.346 e. The quantitative estimate of drug-likeness (QED) is 0.0697. The maximum absolute atomic E-state index is 10.7. The molecule has 24 heteroatoms. The Morgan fingerprint density at radius 1 is 0.529 bits per heavy atom. The fourth-order valence-corrected chi connectivity index (χ4v) is 0. The van der Waals surface area contributed by atoms with Crippen molar-refractivity contribution in [3.8, 4) is 0 Å². The third kappa shape index (κ3) is 95.8. The predicted octanol–water partition coefficient (Wildman–Crippen LogP) is -1.67. The molecule has 0 radical (unpaired) electrons. The third-order valence-electron chi connectivity index (χ3n) is 0.567. The minimum Gasteiger partial charge on any atom is -0.346 e. The van der Waals surface area contributed by atoms with Gasteiger partial charge in [0.2, 0.25) is 0 Å². The Kier molecular flexibility index (Phi) is 160. The molecule has 0 atom stereocenters. The predicted molar refractivity (Wildman–Crippen MR) is 83.7 cm³/mol. The standard InChI is InChI=1S/2C2H5.2CHF3O3S.4CO.4H2O.2Ru/c2*1-2;2*2-1(3,4)8(5,6)7;4*1-2;;;;;;/h2*1H2,2H3;2*(H,5,6,7);;;;;4*1H2;;/q2*-1;;;;;;;;;;;2*+2/p-2. The van der Waals surface area contributed by atoms with E-state index in [1.807, 2.05) is 0 Å². The van der Waals surface area contributed by atoms with Gasteiger partial charge in [0.15, 0.2) is 20.2 Å². The molecule has 0 saturated carbocycles. The molecule has 0 aliphatic rings. The maximum atomic E-state index is 10.7. The van der Waals surface area contributed by atoms with Crippen molar-refractivity contribution < 1.29 is 132 Å². The summed E-state index contributed by atoms with van der Waals surface area (Å²) in [5.41, 5.74) is -11.3. The molecule has 0 spiro atoms. The number of rotatable bonds is 0. The first-order valence-corrected chi connectivity index (χ1v) is 7.59. The second-order valence-electron chi connectivity index (χ2n) is 1.80. The van der Waals surface area contributed by atoms with Gasteiger partial charge in [0.1, 0.15) is 0 Å².